The molecule has 0 saturated carbocycles. The van der Waals surface area contributed by atoms with Crippen molar-refractivity contribution in [3.63, 3.8) is 0 Å². The minimum atomic E-state index is -0.491. The van der Waals surface area contributed by atoms with Crippen LogP contribution < -0.4 is 16.1 Å². The second kappa shape index (κ2) is 12.0. The number of hydrogen-bond donors (Lipinski definition) is 3. The van der Waals surface area contributed by atoms with Crippen LogP contribution in [0.5, 0.6) is 0 Å². The van der Waals surface area contributed by atoms with Gasteiger partial charge in [0, 0.05) is 50.5 Å². The largest absolute Gasteiger partial charge is 0.381 e. The van der Waals surface area contributed by atoms with Crippen molar-refractivity contribution in [1.29, 1.82) is 0 Å². The highest BCUT2D eigenvalue weighted by molar-refractivity contribution is 6.30. The van der Waals surface area contributed by atoms with Crippen LogP contribution in [-0.4, -0.2) is 73.1 Å². The minimum absolute atomic E-state index is 0.135. The van der Waals surface area contributed by atoms with Crippen LogP contribution in [0.2, 0.25) is 5.02 Å². The number of rotatable bonds is 8. The third-order valence-electron chi connectivity index (χ3n) is 6.86. The van der Waals surface area contributed by atoms with Gasteiger partial charge in [0.1, 0.15) is 0 Å². The monoisotopic (exact) mass is 525 g/mol. The zero-order valence-electron chi connectivity index (χ0n) is 20.7. The van der Waals surface area contributed by atoms with E-state index >= 15 is 0 Å². The molecule has 3 N–H and O–H groups in total. The number of carbonyl (C=O) groups is 1. The number of aromatic nitrogens is 2. The lowest BCUT2D eigenvalue weighted by molar-refractivity contribution is 0.0342. The van der Waals surface area contributed by atoms with E-state index in [0.29, 0.717) is 61.9 Å². The molecular formula is C27H32ClN5O4. The summed E-state index contributed by atoms with van der Waals surface area (Å²) in [5.74, 6) is -0.491. The molecule has 0 bridgehead atoms. The van der Waals surface area contributed by atoms with Gasteiger partial charge in [-0.3, -0.25) is 19.6 Å². The van der Waals surface area contributed by atoms with Gasteiger partial charge in [-0.1, -0.05) is 23.7 Å². The lowest BCUT2D eigenvalue weighted by atomic mass is 10.0. The van der Waals surface area contributed by atoms with E-state index in [9.17, 15) is 9.59 Å². The van der Waals surface area contributed by atoms with Crippen LogP contribution in [0, 0.1) is 0 Å². The van der Waals surface area contributed by atoms with Gasteiger partial charge in [-0.05, 0) is 54.7 Å². The third-order valence-corrected chi connectivity index (χ3v) is 7.11. The van der Waals surface area contributed by atoms with Gasteiger partial charge < -0.3 is 20.1 Å². The van der Waals surface area contributed by atoms with Gasteiger partial charge >= 0.3 is 0 Å². The predicted octanol–water partition coefficient (Wildman–Crippen LogP) is 2.97. The highest BCUT2D eigenvalue weighted by atomic mass is 35.5. The number of halogens is 1. The molecule has 2 aromatic carbocycles. The predicted molar refractivity (Wildman–Crippen MR) is 143 cm³/mol. The second-order valence-electron chi connectivity index (χ2n) is 9.52. The smallest absolute Gasteiger partial charge is 0.275 e. The van der Waals surface area contributed by atoms with Crippen molar-refractivity contribution < 1.29 is 14.3 Å². The Morgan fingerprint density at radius 3 is 2.54 bits per heavy atom. The average Bonchev–Trinajstić information content (AvgIpc) is 2.91. The van der Waals surface area contributed by atoms with Gasteiger partial charge in [-0.15, -0.1) is 0 Å². The van der Waals surface area contributed by atoms with Crippen LogP contribution in [0.3, 0.4) is 0 Å². The van der Waals surface area contributed by atoms with Crippen molar-refractivity contribution in [2.24, 2.45) is 0 Å². The van der Waals surface area contributed by atoms with Gasteiger partial charge in [0.2, 0.25) is 5.43 Å². The minimum Gasteiger partial charge on any atom is -0.381 e. The van der Waals surface area contributed by atoms with Crippen molar-refractivity contribution >= 4 is 34.1 Å². The van der Waals surface area contributed by atoms with Gasteiger partial charge in [-0.25, -0.2) is 0 Å². The SMILES string of the molecule is O=C(NCCc1ccc(Cl)cc1)c1n[nH]c2c(NC3CCOCC3)cc(CN3CCOCC3)cc2c1=O. The average molecular weight is 526 g/mol. The van der Waals surface area contributed by atoms with Gasteiger partial charge in [0.15, 0.2) is 5.69 Å². The number of benzene rings is 2. The molecule has 1 amide bonds. The van der Waals surface area contributed by atoms with Crippen molar-refractivity contribution in [2.45, 2.75) is 31.8 Å². The molecule has 2 aliphatic rings. The molecule has 2 aliphatic heterocycles. The lowest BCUT2D eigenvalue weighted by Gasteiger charge is -2.28. The maximum absolute atomic E-state index is 13.5. The molecule has 2 fully saturated rings. The first-order valence-corrected chi connectivity index (χ1v) is 13.2. The van der Waals surface area contributed by atoms with Crippen molar-refractivity contribution in [3.05, 3.63) is 68.5 Å². The summed E-state index contributed by atoms with van der Waals surface area (Å²) < 4.78 is 11.0. The number of anilines is 1. The van der Waals surface area contributed by atoms with Gasteiger partial charge in [0.05, 0.1) is 29.8 Å². The maximum Gasteiger partial charge on any atom is 0.275 e. The summed E-state index contributed by atoms with van der Waals surface area (Å²) in [7, 11) is 0. The van der Waals surface area contributed by atoms with E-state index < -0.39 is 5.91 Å². The zero-order chi connectivity index (χ0) is 25.6. The Morgan fingerprint density at radius 2 is 1.78 bits per heavy atom. The summed E-state index contributed by atoms with van der Waals surface area (Å²) in [6.45, 7) is 5.58. The maximum atomic E-state index is 13.5. The molecule has 0 atom stereocenters. The Hall–Kier alpha value is -2.98. The summed E-state index contributed by atoms with van der Waals surface area (Å²) in [4.78, 5) is 28.7. The molecular weight excluding hydrogens is 494 g/mol. The fourth-order valence-electron chi connectivity index (χ4n) is 4.79. The third kappa shape index (κ3) is 6.48. The Kier molecular flexibility index (Phi) is 8.35. The molecule has 10 heteroatoms. The number of fused-ring (bicyclic) bond motifs is 1. The van der Waals surface area contributed by atoms with E-state index in [1.54, 1.807) is 0 Å². The van der Waals surface area contributed by atoms with E-state index in [0.717, 1.165) is 42.7 Å². The number of nitrogens with one attached hydrogen (secondary N) is 3. The number of aromatic amines is 1. The quantitative estimate of drug-likeness (QED) is 0.415. The summed E-state index contributed by atoms with van der Waals surface area (Å²) in [5.41, 5.74) is 2.98. The molecule has 3 aromatic rings. The second-order valence-corrected chi connectivity index (χ2v) is 9.96. The van der Waals surface area contributed by atoms with Crippen LogP contribution >= 0.6 is 11.6 Å². The number of amides is 1. The molecule has 0 unspecified atom stereocenters. The molecule has 3 heterocycles. The first-order valence-electron chi connectivity index (χ1n) is 12.8. The van der Waals surface area contributed by atoms with Crippen LogP contribution in [0.4, 0.5) is 5.69 Å². The molecule has 37 heavy (non-hydrogen) atoms. The molecule has 1 aromatic heterocycles. The summed E-state index contributed by atoms with van der Waals surface area (Å²) >= 11 is 5.94. The lowest BCUT2D eigenvalue weighted by Crippen LogP contribution is -2.36. The van der Waals surface area contributed by atoms with E-state index in [2.05, 4.69) is 31.8 Å². The highest BCUT2D eigenvalue weighted by Gasteiger charge is 2.21. The number of carbonyl (C=O) groups excluding carboxylic acids is 1. The molecule has 9 nitrogen and oxygen atoms in total. The van der Waals surface area contributed by atoms with Crippen LogP contribution in [0.25, 0.3) is 10.9 Å². The Balaban J connectivity index is 1.39. The highest BCUT2D eigenvalue weighted by Crippen LogP contribution is 2.25. The molecule has 2 saturated heterocycles. The van der Waals surface area contributed by atoms with E-state index in [1.165, 1.54) is 0 Å². The Bertz CT molecular complexity index is 1280. The molecule has 0 spiro atoms. The normalized spacial score (nSPS) is 17.1. The molecule has 196 valence electrons. The van der Waals surface area contributed by atoms with Gasteiger partial charge in [-0.2, -0.15) is 5.10 Å². The van der Waals surface area contributed by atoms with Crippen LogP contribution in [0.15, 0.2) is 41.2 Å². The summed E-state index contributed by atoms with van der Waals surface area (Å²) in [6, 6.07) is 11.7. The first kappa shape index (κ1) is 25.7. The molecule has 0 aliphatic carbocycles. The number of nitrogens with zero attached hydrogens (tertiary/aromatic N) is 2. The van der Waals surface area contributed by atoms with Crippen molar-refractivity contribution in [1.82, 2.24) is 20.4 Å². The fraction of sp³-hybridized carbons (Fsp3) is 0.444. The van der Waals surface area contributed by atoms with E-state index in [1.807, 2.05) is 30.3 Å². The number of morpholine rings is 1. The number of H-pyrrole nitrogens is 1. The zero-order valence-corrected chi connectivity index (χ0v) is 21.5. The van der Waals surface area contributed by atoms with E-state index in [4.69, 9.17) is 21.1 Å². The number of ether oxygens (including phenoxy) is 2. The topological polar surface area (TPSA) is 109 Å². The number of hydrogen-bond acceptors (Lipinski definition) is 7. The standard InChI is InChI=1S/C27H32ClN5O4/c28-20-3-1-18(2-4-20)5-8-29-27(35)25-26(34)22-15-19(17-33-9-13-37-14-10-33)16-23(24(22)31-32-25)30-21-6-11-36-12-7-21/h1-4,15-16,21,30H,5-14,17H2,(H,29,35)(H,31,34). The summed E-state index contributed by atoms with van der Waals surface area (Å²) in [6.07, 6.45) is 2.40. The van der Waals surface area contributed by atoms with E-state index in [-0.39, 0.29) is 17.2 Å². The molecule has 0 radical (unpaired) electrons. The van der Waals surface area contributed by atoms with Crippen molar-refractivity contribution in [3.8, 4) is 0 Å². The van der Waals surface area contributed by atoms with Crippen LogP contribution in [-0.2, 0) is 22.4 Å². The van der Waals surface area contributed by atoms with Crippen molar-refractivity contribution in [2.75, 3.05) is 51.4 Å². The Morgan fingerprint density at radius 1 is 1.05 bits per heavy atom. The van der Waals surface area contributed by atoms with Gasteiger partial charge in [0.25, 0.3) is 5.91 Å². The fourth-order valence-corrected chi connectivity index (χ4v) is 4.91. The van der Waals surface area contributed by atoms with Crippen LogP contribution in [0.1, 0.15) is 34.5 Å². The Labute approximate surface area is 220 Å². The summed E-state index contributed by atoms with van der Waals surface area (Å²) in [5, 5.41) is 14.7. The molecule has 5 rings (SSSR count). The first-order chi connectivity index (χ1) is 18.1.